The molecule has 0 unspecified atom stereocenters. The molecule has 1 rings (SSSR count). The molecule has 1 aliphatic rings. The highest BCUT2D eigenvalue weighted by molar-refractivity contribution is 7.74. The van der Waals surface area contributed by atoms with E-state index in [1.54, 1.807) is 0 Å². The lowest BCUT2D eigenvalue weighted by Gasteiger charge is -2.03. The molecule has 0 aliphatic carbocycles. The van der Waals surface area contributed by atoms with Gasteiger partial charge in [0.1, 0.15) is 4.86 Å². The Kier molecular flexibility index (Phi) is 1.95. The number of hydrogen-bond acceptors (Lipinski definition) is 4. The third kappa shape index (κ3) is 1.58. The summed E-state index contributed by atoms with van der Waals surface area (Å²) in [6.07, 6.45) is 2.04. The van der Waals surface area contributed by atoms with Crippen LogP contribution in [0.4, 0.5) is 0 Å². The first-order chi connectivity index (χ1) is 5.11. The van der Waals surface area contributed by atoms with Crippen molar-refractivity contribution in [3.05, 3.63) is 17.2 Å². The van der Waals surface area contributed by atoms with Crippen molar-refractivity contribution in [3.63, 3.8) is 0 Å². The van der Waals surface area contributed by atoms with Crippen molar-refractivity contribution in [2.45, 2.75) is 6.42 Å². The Morgan fingerprint density at radius 1 is 1.64 bits per heavy atom. The summed E-state index contributed by atoms with van der Waals surface area (Å²) < 4.78 is 20.6. The first-order valence-corrected chi connectivity index (χ1v) is 3.84. The molecule has 0 fully saturated rings. The SMILES string of the molecule is O=S(=O)=C1C=[N+]([O-])C(O)=CC1. The van der Waals surface area contributed by atoms with E-state index in [1.807, 2.05) is 0 Å². The largest absolute Gasteiger partial charge is 0.616 e. The second-order valence-electron chi connectivity index (χ2n) is 1.92. The van der Waals surface area contributed by atoms with E-state index in [9.17, 15) is 13.6 Å². The summed E-state index contributed by atoms with van der Waals surface area (Å²) in [6, 6.07) is 0. The predicted molar refractivity (Wildman–Crippen MR) is 38.9 cm³/mol. The zero-order chi connectivity index (χ0) is 8.43. The molecule has 1 N–H and O–H groups in total. The summed E-state index contributed by atoms with van der Waals surface area (Å²) in [6.45, 7) is 0. The maximum atomic E-state index is 10.6. The Bertz CT molecular complexity index is 354. The minimum Gasteiger partial charge on any atom is -0.616 e. The summed E-state index contributed by atoms with van der Waals surface area (Å²) in [5, 5.41) is 19.3. The highest BCUT2D eigenvalue weighted by Gasteiger charge is 2.13. The molecular formula is C5H5NO4S. The number of rotatable bonds is 0. The van der Waals surface area contributed by atoms with E-state index >= 15 is 0 Å². The van der Waals surface area contributed by atoms with Gasteiger partial charge in [-0.3, -0.25) is 0 Å². The molecule has 0 bridgehead atoms. The molecule has 11 heavy (non-hydrogen) atoms. The van der Waals surface area contributed by atoms with Gasteiger partial charge >= 0.3 is 5.88 Å². The maximum Gasteiger partial charge on any atom is 0.373 e. The number of nitrogens with zero attached hydrogens (tertiary/aromatic N) is 1. The van der Waals surface area contributed by atoms with E-state index in [0.717, 1.165) is 12.3 Å². The van der Waals surface area contributed by atoms with Gasteiger partial charge in [-0.2, -0.15) is 8.42 Å². The highest BCUT2D eigenvalue weighted by atomic mass is 32.2. The normalized spacial score (nSPS) is 17.3. The molecule has 60 valence electrons. The van der Waals surface area contributed by atoms with E-state index < -0.39 is 16.2 Å². The number of hydrogen-bond donors (Lipinski definition) is 1. The zero-order valence-corrected chi connectivity index (χ0v) is 6.21. The minimum atomic E-state index is -2.37. The molecule has 0 aromatic heterocycles. The van der Waals surface area contributed by atoms with Gasteiger partial charge in [-0.05, 0) is 0 Å². The van der Waals surface area contributed by atoms with Gasteiger partial charge in [0.15, 0.2) is 0 Å². The molecule has 5 nitrogen and oxygen atoms in total. The summed E-state index contributed by atoms with van der Waals surface area (Å²) >= 11 is 0. The lowest BCUT2D eigenvalue weighted by molar-refractivity contribution is -0.431. The third-order valence-corrected chi connectivity index (χ3v) is 1.89. The zero-order valence-electron chi connectivity index (χ0n) is 5.39. The maximum absolute atomic E-state index is 10.6. The Morgan fingerprint density at radius 2 is 2.27 bits per heavy atom. The summed E-state index contributed by atoms with van der Waals surface area (Å²) in [5.41, 5.74) is 0. The molecule has 0 saturated heterocycles. The highest BCUT2D eigenvalue weighted by Crippen LogP contribution is 1.99. The van der Waals surface area contributed by atoms with E-state index in [-0.39, 0.29) is 16.0 Å². The topological polar surface area (TPSA) is 80.4 Å². The van der Waals surface area contributed by atoms with Crippen LogP contribution >= 0.6 is 0 Å². The van der Waals surface area contributed by atoms with Gasteiger partial charge in [0.05, 0.1) is 0 Å². The van der Waals surface area contributed by atoms with Crippen LogP contribution in [0.15, 0.2) is 12.0 Å². The Hall–Kier alpha value is -1.30. The van der Waals surface area contributed by atoms with Crippen LogP contribution in [0.25, 0.3) is 0 Å². The standard InChI is InChI=1S/C5H5NO4S/c7-5-2-1-4(11(9)10)3-6(5)8/h2-3,7H,1H2. The van der Waals surface area contributed by atoms with E-state index in [4.69, 9.17) is 5.11 Å². The van der Waals surface area contributed by atoms with Crippen molar-refractivity contribution in [2.75, 3.05) is 0 Å². The van der Waals surface area contributed by atoms with Crippen LogP contribution in [0.5, 0.6) is 0 Å². The number of aliphatic hydroxyl groups is 1. The second kappa shape index (κ2) is 2.75. The van der Waals surface area contributed by atoms with Gasteiger partial charge < -0.3 is 10.3 Å². The predicted octanol–water partition coefficient (Wildman–Crippen LogP) is -0.578. The molecule has 1 heterocycles. The van der Waals surface area contributed by atoms with Crippen molar-refractivity contribution < 1.29 is 18.3 Å². The Labute approximate surface area is 64.0 Å². The molecule has 0 aromatic rings. The third-order valence-electron chi connectivity index (χ3n) is 1.19. The fraction of sp³-hybridized carbons (Fsp3) is 0.200. The van der Waals surface area contributed by atoms with Gasteiger partial charge in [0.2, 0.25) is 16.5 Å². The quantitative estimate of drug-likeness (QED) is 0.303. The number of hydroxylamine groups is 1. The van der Waals surface area contributed by atoms with Crippen molar-refractivity contribution in [3.8, 4) is 0 Å². The van der Waals surface area contributed by atoms with E-state index in [0.29, 0.717) is 0 Å². The van der Waals surface area contributed by atoms with Crippen LogP contribution in [0.3, 0.4) is 0 Å². The Morgan fingerprint density at radius 3 is 2.73 bits per heavy atom. The van der Waals surface area contributed by atoms with Crippen LogP contribution in [0.2, 0.25) is 0 Å². The van der Waals surface area contributed by atoms with Crippen molar-refractivity contribution in [1.82, 2.24) is 0 Å². The molecule has 0 atom stereocenters. The van der Waals surface area contributed by atoms with Crippen LogP contribution in [0.1, 0.15) is 6.42 Å². The second-order valence-corrected chi connectivity index (χ2v) is 2.92. The fourth-order valence-electron chi connectivity index (χ4n) is 0.643. The van der Waals surface area contributed by atoms with Crippen molar-refractivity contribution in [1.29, 1.82) is 0 Å². The lowest BCUT2D eigenvalue weighted by Crippen LogP contribution is -2.17. The van der Waals surface area contributed by atoms with Crippen molar-refractivity contribution in [2.24, 2.45) is 0 Å². The van der Waals surface area contributed by atoms with Gasteiger partial charge in [-0.1, -0.05) is 0 Å². The summed E-state index contributed by atoms with van der Waals surface area (Å²) in [5.74, 6) is -0.473. The molecule has 0 radical (unpaired) electrons. The van der Waals surface area contributed by atoms with E-state index in [2.05, 4.69) is 0 Å². The summed E-state index contributed by atoms with van der Waals surface area (Å²) in [7, 11) is -2.37. The monoisotopic (exact) mass is 175 g/mol. The van der Waals surface area contributed by atoms with Gasteiger partial charge in [0.25, 0.3) is 0 Å². The van der Waals surface area contributed by atoms with Crippen molar-refractivity contribution >= 4 is 21.4 Å². The van der Waals surface area contributed by atoms with Gasteiger partial charge in [-0.15, -0.1) is 4.74 Å². The lowest BCUT2D eigenvalue weighted by atomic mass is 10.3. The molecule has 1 aliphatic heterocycles. The molecule has 0 spiro atoms. The molecule has 6 heteroatoms. The Balaban J connectivity index is 3.15. The number of aliphatic hydroxyl groups excluding tert-OH is 1. The van der Waals surface area contributed by atoms with Crippen LogP contribution in [-0.2, 0) is 10.3 Å². The van der Waals surface area contributed by atoms with Crippen LogP contribution in [-0.4, -0.2) is 29.3 Å². The number of allylic oxidation sites excluding steroid dienone is 1. The van der Waals surface area contributed by atoms with E-state index in [1.165, 1.54) is 0 Å². The smallest absolute Gasteiger partial charge is 0.373 e. The fourth-order valence-corrected chi connectivity index (χ4v) is 1.04. The average Bonchev–Trinajstić information content (AvgIpc) is 1.94. The van der Waals surface area contributed by atoms with Gasteiger partial charge in [-0.25, -0.2) is 0 Å². The molecule has 0 saturated carbocycles. The summed E-state index contributed by atoms with van der Waals surface area (Å²) in [4.78, 5) is -0.0298. The van der Waals surface area contributed by atoms with Gasteiger partial charge in [0, 0.05) is 12.5 Å². The van der Waals surface area contributed by atoms with Crippen LogP contribution < -0.4 is 0 Å². The first kappa shape index (κ1) is 7.80. The first-order valence-electron chi connectivity index (χ1n) is 2.76. The molecule has 0 aromatic carbocycles. The minimum absolute atomic E-state index is 0.0298. The molecule has 0 amide bonds. The molecular weight excluding hydrogens is 170 g/mol. The van der Waals surface area contributed by atoms with Crippen LogP contribution in [0, 0.1) is 5.21 Å². The average molecular weight is 175 g/mol.